The Hall–Kier alpha value is -2.23. The molecule has 9 nitrogen and oxygen atoms in total. The zero-order chi connectivity index (χ0) is 13.3. The molecule has 0 amide bonds. The molecule has 0 fully saturated rings. The van der Waals surface area contributed by atoms with Crippen molar-refractivity contribution in [1.82, 2.24) is 20.0 Å². The predicted molar refractivity (Wildman–Crippen MR) is 63.6 cm³/mol. The maximum absolute atomic E-state index is 12.0. The van der Waals surface area contributed by atoms with Crippen LogP contribution in [0.4, 0.5) is 11.6 Å². The third-order valence-corrected chi connectivity index (χ3v) is 3.59. The summed E-state index contributed by atoms with van der Waals surface area (Å²) in [7, 11) is -0.723. The van der Waals surface area contributed by atoms with E-state index in [0.717, 1.165) is 6.20 Å². The van der Waals surface area contributed by atoms with Gasteiger partial charge < -0.3 is 10.5 Å². The van der Waals surface area contributed by atoms with Crippen LogP contribution in [0.1, 0.15) is 0 Å². The number of sulfonamides is 1. The second-order valence-electron chi connectivity index (χ2n) is 3.45. The van der Waals surface area contributed by atoms with Crippen LogP contribution in [-0.4, -0.2) is 35.5 Å². The first-order valence-corrected chi connectivity index (χ1v) is 6.32. The zero-order valence-electron chi connectivity index (χ0n) is 9.71. The SMILES string of the molecule is COc1cc(NS(=O)(=O)c2cn[nH]c2N)nn1C. The molecule has 0 spiro atoms. The van der Waals surface area contributed by atoms with Gasteiger partial charge in [-0.3, -0.25) is 9.82 Å². The smallest absolute Gasteiger partial charge is 0.268 e. The van der Waals surface area contributed by atoms with Crippen molar-refractivity contribution in [2.24, 2.45) is 7.05 Å². The van der Waals surface area contributed by atoms with Gasteiger partial charge in [-0.1, -0.05) is 0 Å². The van der Waals surface area contributed by atoms with Crippen LogP contribution in [0.25, 0.3) is 0 Å². The molecular formula is C8H12N6O3S. The first kappa shape index (κ1) is 12.2. The van der Waals surface area contributed by atoms with Gasteiger partial charge in [-0.05, 0) is 0 Å². The van der Waals surface area contributed by atoms with Gasteiger partial charge in [0.2, 0.25) is 5.88 Å². The van der Waals surface area contributed by atoms with E-state index in [1.54, 1.807) is 7.05 Å². The summed E-state index contributed by atoms with van der Waals surface area (Å²) < 4.78 is 32.6. The molecule has 2 aromatic heterocycles. The van der Waals surface area contributed by atoms with Gasteiger partial charge in [0.1, 0.15) is 10.7 Å². The van der Waals surface area contributed by atoms with E-state index >= 15 is 0 Å². The number of hydrogen-bond acceptors (Lipinski definition) is 6. The Morgan fingerprint density at radius 2 is 2.28 bits per heavy atom. The minimum absolute atomic E-state index is 0.0367. The van der Waals surface area contributed by atoms with Gasteiger partial charge in [0.05, 0.1) is 13.3 Å². The first-order chi connectivity index (χ1) is 8.44. The molecule has 0 unspecified atom stereocenters. The minimum atomic E-state index is -3.81. The van der Waals surface area contributed by atoms with E-state index in [2.05, 4.69) is 20.0 Å². The Kier molecular flexibility index (Phi) is 2.87. The van der Waals surface area contributed by atoms with E-state index < -0.39 is 10.0 Å². The van der Waals surface area contributed by atoms with E-state index in [1.807, 2.05) is 0 Å². The highest BCUT2D eigenvalue weighted by molar-refractivity contribution is 7.92. The summed E-state index contributed by atoms with van der Waals surface area (Å²) in [4.78, 5) is -0.132. The van der Waals surface area contributed by atoms with Crippen molar-refractivity contribution in [3.8, 4) is 5.88 Å². The third kappa shape index (κ3) is 2.09. The summed E-state index contributed by atoms with van der Waals surface area (Å²) in [5.41, 5.74) is 5.45. The number of hydrogen-bond donors (Lipinski definition) is 3. The summed E-state index contributed by atoms with van der Waals surface area (Å²) in [6, 6.07) is 1.45. The van der Waals surface area contributed by atoms with Crippen LogP contribution >= 0.6 is 0 Å². The highest BCUT2D eigenvalue weighted by atomic mass is 32.2. The van der Waals surface area contributed by atoms with Gasteiger partial charge in [-0.15, -0.1) is 0 Å². The molecule has 2 rings (SSSR count). The highest BCUT2D eigenvalue weighted by Gasteiger charge is 2.21. The van der Waals surface area contributed by atoms with Crippen LogP contribution in [0.3, 0.4) is 0 Å². The highest BCUT2D eigenvalue weighted by Crippen LogP contribution is 2.21. The maximum atomic E-state index is 12.0. The summed E-state index contributed by atoms with van der Waals surface area (Å²) in [5, 5.41) is 9.83. The van der Waals surface area contributed by atoms with Gasteiger partial charge in [-0.25, -0.2) is 13.1 Å². The average molecular weight is 272 g/mol. The van der Waals surface area contributed by atoms with Crippen LogP contribution in [0, 0.1) is 0 Å². The normalized spacial score (nSPS) is 11.4. The first-order valence-electron chi connectivity index (χ1n) is 4.83. The Morgan fingerprint density at radius 3 is 2.78 bits per heavy atom. The number of ether oxygens (including phenoxy) is 1. The fourth-order valence-electron chi connectivity index (χ4n) is 1.38. The van der Waals surface area contributed by atoms with Crippen LogP contribution in [0.5, 0.6) is 5.88 Å². The molecule has 18 heavy (non-hydrogen) atoms. The molecule has 0 aromatic carbocycles. The fourth-order valence-corrected chi connectivity index (χ4v) is 2.39. The Balaban J connectivity index is 2.31. The molecule has 2 aromatic rings. The number of nitrogens with zero attached hydrogens (tertiary/aromatic N) is 3. The number of anilines is 2. The Bertz CT molecular complexity index is 658. The number of rotatable bonds is 4. The lowest BCUT2D eigenvalue weighted by atomic mass is 10.6. The molecule has 0 bridgehead atoms. The Labute approximate surface area is 103 Å². The predicted octanol–water partition coefficient (Wildman–Crippen LogP) is -0.465. The summed E-state index contributed by atoms with van der Waals surface area (Å²) in [6.45, 7) is 0. The number of methoxy groups -OCH3 is 1. The number of nitrogens with two attached hydrogens (primary N) is 1. The molecule has 0 saturated heterocycles. The van der Waals surface area contributed by atoms with Gasteiger partial charge in [0.25, 0.3) is 10.0 Å². The minimum Gasteiger partial charge on any atom is -0.481 e. The monoisotopic (exact) mass is 272 g/mol. The van der Waals surface area contributed by atoms with Crippen molar-refractivity contribution >= 4 is 21.7 Å². The molecule has 0 radical (unpaired) electrons. The average Bonchev–Trinajstić information content (AvgIpc) is 2.84. The van der Waals surface area contributed by atoms with Crippen LogP contribution in [-0.2, 0) is 17.1 Å². The second kappa shape index (κ2) is 4.22. The number of nitrogens with one attached hydrogen (secondary N) is 2. The molecule has 0 saturated carbocycles. The van der Waals surface area contributed by atoms with Crippen LogP contribution < -0.4 is 15.2 Å². The van der Waals surface area contributed by atoms with Crippen LogP contribution in [0.15, 0.2) is 17.2 Å². The molecular weight excluding hydrogens is 260 g/mol. The molecule has 2 heterocycles. The molecule has 10 heteroatoms. The van der Waals surface area contributed by atoms with Crippen molar-refractivity contribution < 1.29 is 13.2 Å². The zero-order valence-corrected chi connectivity index (χ0v) is 10.5. The Morgan fingerprint density at radius 1 is 1.56 bits per heavy atom. The van der Waals surface area contributed by atoms with E-state index in [4.69, 9.17) is 10.5 Å². The van der Waals surface area contributed by atoms with E-state index in [1.165, 1.54) is 17.9 Å². The topological polar surface area (TPSA) is 128 Å². The number of aromatic amines is 1. The molecule has 0 aliphatic carbocycles. The van der Waals surface area contributed by atoms with Gasteiger partial charge in [0.15, 0.2) is 5.82 Å². The summed E-state index contributed by atoms with van der Waals surface area (Å²) >= 11 is 0. The van der Waals surface area contributed by atoms with Gasteiger partial charge >= 0.3 is 0 Å². The van der Waals surface area contributed by atoms with Crippen molar-refractivity contribution in [1.29, 1.82) is 0 Å². The second-order valence-corrected chi connectivity index (χ2v) is 5.10. The lowest BCUT2D eigenvalue weighted by Gasteiger charge is -2.02. The lowest BCUT2D eigenvalue weighted by molar-refractivity contribution is 0.373. The van der Waals surface area contributed by atoms with Crippen molar-refractivity contribution in [3.05, 3.63) is 12.3 Å². The van der Waals surface area contributed by atoms with Crippen LogP contribution in [0.2, 0.25) is 0 Å². The summed E-state index contributed by atoms with van der Waals surface area (Å²) in [6.07, 6.45) is 1.12. The number of H-pyrrole nitrogens is 1. The quantitative estimate of drug-likeness (QED) is 0.690. The third-order valence-electron chi connectivity index (χ3n) is 2.21. The van der Waals surface area contributed by atoms with Crippen molar-refractivity contribution in [2.45, 2.75) is 4.90 Å². The molecule has 98 valence electrons. The lowest BCUT2D eigenvalue weighted by Crippen LogP contribution is -2.14. The molecule has 0 atom stereocenters. The van der Waals surface area contributed by atoms with E-state index in [-0.39, 0.29) is 16.5 Å². The standard InChI is InChI=1S/C8H12N6O3S/c1-14-7(17-2)3-6(12-14)13-18(15,16)5-4-10-11-8(5)9/h3-4H,1-2H3,(H,12,13)(H3,9,10,11). The van der Waals surface area contributed by atoms with E-state index in [9.17, 15) is 8.42 Å². The van der Waals surface area contributed by atoms with Crippen molar-refractivity contribution in [3.63, 3.8) is 0 Å². The molecule has 0 aliphatic heterocycles. The molecule has 0 aliphatic rings. The largest absolute Gasteiger partial charge is 0.481 e. The van der Waals surface area contributed by atoms with E-state index in [0.29, 0.717) is 5.88 Å². The number of aromatic nitrogens is 4. The van der Waals surface area contributed by atoms with Gasteiger partial charge in [-0.2, -0.15) is 10.2 Å². The number of nitrogen functional groups attached to an aromatic ring is 1. The fraction of sp³-hybridized carbons (Fsp3) is 0.250. The maximum Gasteiger partial charge on any atom is 0.268 e. The summed E-state index contributed by atoms with van der Waals surface area (Å²) in [5.74, 6) is 0.521. The molecule has 4 N–H and O–H groups in total. The van der Waals surface area contributed by atoms with Crippen molar-refractivity contribution in [2.75, 3.05) is 17.6 Å². The van der Waals surface area contributed by atoms with Gasteiger partial charge in [0, 0.05) is 13.1 Å². The number of aryl methyl sites for hydroxylation is 1.